The number of benzene rings is 1. The summed E-state index contributed by atoms with van der Waals surface area (Å²) in [6.45, 7) is 0. The minimum Gasteiger partial charge on any atom is -0.495 e. The van der Waals surface area contributed by atoms with Crippen LogP contribution in [0, 0.1) is 0 Å². The summed E-state index contributed by atoms with van der Waals surface area (Å²) in [5.41, 5.74) is 4.43. The summed E-state index contributed by atoms with van der Waals surface area (Å²) in [7, 11) is 3.21. The van der Waals surface area contributed by atoms with E-state index in [0.29, 0.717) is 11.5 Å². The lowest BCUT2D eigenvalue weighted by Crippen LogP contribution is -2.29. The molecule has 0 fully saturated rings. The number of pyridine rings is 1. The van der Waals surface area contributed by atoms with Crippen molar-refractivity contribution in [1.29, 1.82) is 0 Å². The van der Waals surface area contributed by atoms with Gasteiger partial charge in [-0.1, -0.05) is 0 Å². The van der Waals surface area contributed by atoms with Crippen LogP contribution < -0.4 is 20.7 Å². The number of rotatable bonds is 5. The van der Waals surface area contributed by atoms with Gasteiger partial charge in [-0.3, -0.25) is 10.8 Å². The van der Waals surface area contributed by atoms with Crippen molar-refractivity contribution in [2.75, 3.05) is 14.2 Å². The quantitative estimate of drug-likeness (QED) is 0.578. The molecule has 0 saturated heterocycles. The fourth-order valence-electron chi connectivity index (χ4n) is 2.04. The van der Waals surface area contributed by atoms with E-state index < -0.39 is 0 Å². The smallest absolute Gasteiger partial charge is 0.142 e. The van der Waals surface area contributed by atoms with Crippen molar-refractivity contribution < 1.29 is 9.47 Å². The second-order valence-corrected chi connectivity index (χ2v) is 5.91. The first-order valence-electron chi connectivity index (χ1n) is 6.10. The number of nitrogens with one attached hydrogen (secondary N) is 1. The van der Waals surface area contributed by atoms with Crippen LogP contribution in [0.4, 0.5) is 0 Å². The molecule has 0 amide bonds. The summed E-state index contributed by atoms with van der Waals surface area (Å²) in [6, 6.07) is 7.27. The molecule has 0 aliphatic heterocycles. The van der Waals surface area contributed by atoms with E-state index in [1.54, 1.807) is 20.4 Å². The van der Waals surface area contributed by atoms with Gasteiger partial charge in [0.2, 0.25) is 0 Å². The molecule has 1 unspecified atom stereocenters. The maximum Gasteiger partial charge on any atom is 0.142 e. The van der Waals surface area contributed by atoms with Crippen LogP contribution in [-0.2, 0) is 0 Å². The van der Waals surface area contributed by atoms with Gasteiger partial charge in [0.25, 0.3) is 0 Å². The highest BCUT2D eigenvalue weighted by atomic mass is 79.9. The summed E-state index contributed by atoms with van der Waals surface area (Å²) in [6.07, 6.45) is 1.73. The summed E-state index contributed by atoms with van der Waals surface area (Å²) in [5, 5.41) is 0. The van der Waals surface area contributed by atoms with Crippen LogP contribution in [0.1, 0.15) is 17.3 Å². The molecule has 1 aromatic heterocycles. The van der Waals surface area contributed by atoms with Gasteiger partial charge in [0.05, 0.1) is 26.0 Å². The Kier molecular flexibility index (Phi) is 5.58. The minimum absolute atomic E-state index is 0.296. The number of aromatic nitrogens is 1. The maximum atomic E-state index is 5.72. The third-order valence-electron chi connectivity index (χ3n) is 3.04. The second-order valence-electron chi connectivity index (χ2n) is 4.21. The number of methoxy groups -OCH3 is 2. The second kappa shape index (κ2) is 7.22. The SMILES string of the molecule is COc1ccc(C(NN)c2ccc(Br)cn2)c(OC)c1Br. The minimum atomic E-state index is -0.296. The number of ether oxygens (including phenoxy) is 2. The van der Waals surface area contributed by atoms with Gasteiger partial charge < -0.3 is 9.47 Å². The Labute approximate surface area is 140 Å². The number of halogens is 2. The molecular formula is C14H15Br2N3O2. The highest BCUT2D eigenvalue weighted by Gasteiger charge is 2.22. The highest BCUT2D eigenvalue weighted by Crippen LogP contribution is 2.40. The average molecular weight is 417 g/mol. The molecule has 0 saturated carbocycles. The lowest BCUT2D eigenvalue weighted by molar-refractivity contribution is 0.382. The molecule has 1 heterocycles. The average Bonchev–Trinajstić information content (AvgIpc) is 2.50. The van der Waals surface area contributed by atoms with Crippen molar-refractivity contribution in [3.63, 3.8) is 0 Å². The van der Waals surface area contributed by atoms with E-state index in [-0.39, 0.29) is 6.04 Å². The van der Waals surface area contributed by atoms with E-state index in [0.717, 1.165) is 20.2 Å². The zero-order valence-electron chi connectivity index (χ0n) is 11.6. The predicted molar refractivity (Wildman–Crippen MR) is 88.3 cm³/mol. The van der Waals surface area contributed by atoms with Crippen LogP contribution in [0.15, 0.2) is 39.4 Å². The highest BCUT2D eigenvalue weighted by molar-refractivity contribution is 9.11. The standard InChI is InChI=1S/C14H15Br2N3O2/c1-20-11-6-4-9(14(21-2)12(11)16)13(19-17)10-5-3-8(15)7-18-10/h3-7,13,19H,17H2,1-2H3. The molecule has 0 bridgehead atoms. The lowest BCUT2D eigenvalue weighted by Gasteiger charge is -2.20. The number of hydrogen-bond acceptors (Lipinski definition) is 5. The Hall–Kier alpha value is -1.15. The molecule has 0 spiro atoms. The molecule has 1 atom stereocenters. The van der Waals surface area contributed by atoms with E-state index in [9.17, 15) is 0 Å². The van der Waals surface area contributed by atoms with Crippen molar-refractivity contribution in [2.45, 2.75) is 6.04 Å². The molecule has 0 radical (unpaired) electrons. The van der Waals surface area contributed by atoms with Crippen molar-refractivity contribution in [2.24, 2.45) is 5.84 Å². The Morgan fingerprint density at radius 3 is 2.43 bits per heavy atom. The summed E-state index contributed by atoms with van der Waals surface area (Å²) in [5.74, 6) is 7.06. The van der Waals surface area contributed by atoms with Gasteiger partial charge in [0.1, 0.15) is 16.0 Å². The fraction of sp³-hybridized carbons (Fsp3) is 0.214. The van der Waals surface area contributed by atoms with Crippen LogP contribution in [0.5, 0.6) is 11.5 Å². The monoisotopic (exact) mass is 415 g/mol. The fourth-order valence-corrected chi connectivity index (χ4v) is 2.96. The molecule has 7 heteroatoms. The first kappa shape index (κ1) is 16.2. The van der Waals surface area contributed by atoms with E-state index in [1.165, 1.54) is 0 Å². The molecule has 1 aromatic carbocycles. The molecule has 0 aliphatic carbocycles. The van der Waals surface area contributed by atoms with Gasteiger partial charge in [-0.25, -0.2) is 5.43 Å². The van der Waals surface area contributed by atoms with Gasteiger partial charge in [0.15, 0.2) is 0 Å². The molecule has 3 N–H and O–H groups in total. The molecular weight excluding hydrogens is 402 g/mol. The maximum absolute atomic E-state index is 5.72. The van der Waals surface area contributed by atoms with Crippen LogP contribution in [0.2, 0.25) is 0 Å². The third kappa shape index (κ3) is 3.37. The first-order chi connectivity index (χ1) is 10.1. The van der Waals surface area contributed by atoms with Crippen LogP contribution in [0.25, 0.3) is 0 Å². The Morgan fingerprint density at radius 1 is 1.14 bits per heavy atom. The van der Waals surface area contributed by atoms with Gasteiger partial charge >= 0.3 is 0 Å². The lowest BCUT2D eigenvalue weighted by atomic mass is 10.0. The predicted octanol–water partition coefficient (Wildman–Crippen LogP) is 3.18. The Balaban J connectivity index is 2.52. The van der Waals surface area contributed by atoms with Crippen molar-refractivity contribution in [3.05, 3.63) is 50.7 Å². The number of nitrogens with zero attached hydrogens (tertiary/aromatic N) is 1. The first-order valence-corrected chi connectivity index (χ1v) is 7.69. The topological polar surface area (TPSA) is 69.4 Å². The van der Waals surface area contributed by atoms with Crippen molar-refractivity contribution >= 4 is 31.9 Å². The van der Waals surface area contributed by atoms with E-state index in [1.807, 2.05) is 24.3 Å². The molecule has 2 rings (SSSR count). The van der Waals surface area contributed by atoms with Crippen LogP contribution in [0.3, 0.4) is 0 Å². The number of hydrazine groups is 1. The Bertz CT molecular complexity index is 620. The van der Waals surface area contributed by atoms with Gasteiger partial charge in [-0.15, -0.1) is 0 Å². The summed E-state index contributed by atoms with van der Waals surface area (Å²) >= 11 is 6.86. The normalized spacial score (nSPS) is 12.0. The van der Waals surface area contributed by atoms with Crippen molar-refractivity contribution in [3.8, 4) is 11.5 Å². The number of hydrogen-bond donors (Lipinski definition) is 2. The summed E-state index contributed by atoms with van der Waals surface area (Å²) < 4.78 is 12.4. The van der Waals surface area contributed by atoms with Crippen molar-refractivity contribution in [1.82, 2.24) is 10.4 Å². The molecule has 2 aromatic rings. The molecule has 0 aliphatic rings. The molecule has 5 nitrogen and oxygen atoms in total. The van der Waals surface area contributed by atoms with Gasteiger partial charge in [0, 0.05) is 16.2 Å². The van der Waals surface area contributed by atoms with E-state index in [4.69, 9.17) is 15.3 Å². The van der Waals surface area contributed by atoms with E-state index >= 15 is 0 Å². The van der Waals surface area contributed by atoms with Crippen LogP contribution in [-0.4, -0.2) is 19.2 Å². The van der Waals surface area contributed by atoms with E-state index in [2.05, 4.69) is 42.3 Å². The zero-order valence-corrected chi connectivity index (χ0v) is 14.7. The Morgan fingerprint density at radius 2 is 1.90 bits per heavy atom. The zero-order chi connectivity index (χ0) is 15.4. The van der Waals surface area contributed by atoms with Gasteiger partial charge in [-0.2, -0.15) is 0 Å². The largest absolute Gasteiger partial charge is 0.495 e. The summed E-state index contributed by atoms with van der Waals surface area (Å²) in [4.78, 5) is 4.38. The van der Waals surface area contributed by atoms with Gasteiger partial charge in [-0.05, 0) is 56.1 Å². The number of nitrogens with two attached hydrogens (primary N) is 1. The third-order valence-corrected chi connectivity index (χ3v) is 4.26. The molecule has 112 valence electrons. The van der Waals surface area contributed by atoms with Crippen LogP contribution >= 0.6 is 31.9 Å². The molecule has 21 heavy (non-hydrogen) atoms.